The third kappa shape index (κ3) is 4.89. The number of hydrogen-bond donors (Lipinski definition) is 1. The monoisotopic (exact) mass is 475 g/mol. The maximum Gasteiger partial charge on any atom is 0.206 e. The zero-order valence-corrected chi connectivity index (χ0v) is 19.0. The number of benzene rings is 2. The summed E-state index contributed by atoms with van der Waals surface area (Å²) >= 11 is 4.91. The molecule has 3 aromatic rings. The van der Waals surface area contributed by atoms with E-state index in [1.165, 1.54) is 11.3 Å². The van der Waals surface area contributed by atoms with Crippen molar-refractivity contribution in [2.45, 2.75) is 19.9 Å². The number of nitrogens with zero attached hydrogens (tertiary/aromatic N) is 3. The van der Waals surface area contributed by atoms with Gasteiger partial charge < -0.3 is 14.6 Å². The van der Waals surface area contributed by atoms with Crippen molar-refractivity contribution in [3.05, 3.63) is 56.6 Å². The zero-order valence-electron chi connectivity index (χ0n) is 16.6. The molecular formula is C21H22BrN3O3S. The maximum absolute atomic E-state index is 10.1. The average Bonchev–Trinajstić information content (AvgIpc) is 3.09. The van der Waals surface area contributed by atoms with Crippen LogP contribution in [0.2, 0.25) is 0 Å². The summed E-state index contributed by atoms with van der Waals surface area (Å²) in [6, 6.07) is 10.9. The van der Waals surface area contributed by atoms with E-state index in [4.69, 9.17) is 9.47 Å². The molecule has 1 heterocycles. The van der Waals surface area contributed by atoms with Gasteiger partial charge in [0.2, 0.25) is 4.80 Å². The molecule has 0 amide bonds. The zero-order chi connectivity index (χ0) is 21.0. The minimum Gasteiger partial charge on any atom is -0.507 e. The van der Waals surface area contributed by atoms with Gasteiger partial charge in [-0.25, -0.2) is 4.68 Å². The van der Waals surface area contributed by atoms with Crippen molar-refractivity contribution in [2.24, 2.45) is 10.1 Å². The SMILES string of the molecule is COc1ccc(OC)c(-c2csc(=NC(C)C)n2N=Cc2cc(Br)ccc2O)c1. The van der Waals surface area contributed by atoms with Gasteiger partial charge in [0, 0.05) is 27.0 Å². The van der Waals surface area contributed by atoms with Gasteiger partial charge in [-0.2, -0.15) is 5.10 Å². The van der Waals surface area contributed by atoms with Crippen molar-refractivity contribution >= 4 is 33.5 Å². The van der Waals surface area contributed by atoms with Crippen LogP contribution in [-0.2, 0) is 0 Å². The third-order valence-electron chi connectivity index (χ3n) is 4.04. The van der Waals surface area contributed by atoms with Gasteiger partial charge in [0.05, 0.1) is 26.1 Å². The number of phenolic OH excluding ortho intramolecular Hbond substituents is 1. The van der Waals surface area contributed by atoms with E-state index in [2.05, 4.69) is 26.0 Å². The standard InChI is InChI=1S/C21H22BrN3O3S/c1-13(2)24-21-25(23-11-14-9-15(22)5-7-19(14)26)18(12-29-21)17-10-16(27-3)6-8-20(17)28-4/h5-13,26H,1-4H3. The van der Waals surface area contributed by atoms with Gasteiger partial charge in [-0.05, 0) is 50.2 Å². The Morgan fingerprint density at radius 2 is 1.93 bits per heavy atom. The quantitative estimate of drug-likeness (QED) is 0.515. The van der Waals surface area contributed by atoms with Crippen LogP contribution in [0.5, 0.6) is 17.2 Å². The molecule has 1 N–H and O–H groups in total. The highest BCUT2D eigenvalue weighted by atomic mass is 79.9. The average molecular weight is 476 g/mol. The molecule has 152 valence electrons. The van der Waals surface area contributed by atoms with Crippen LogP contribution in [-0.4, -0.2) is 36.3 Å². The van der Waals surface area contributed by atoms with Crippen molar-refractivity contribution in [3.63, 3.8) is 0 Å². The van der Waals surface area contributed by atoms with Crippen molar-refractivity contribution in [2.75, 3.05) is 14.2 Å². The Balaban J connectivity index is 2.19. The number of halogens is 1. The highest BCUT2D eigenvalue weighted by Crippen LogP contribution is 2.33. The predicted molar refractivity (Wildman–Crippen MR) is 120 cm³/mol. The first-order valence-electron chi connectivity index (χ1n) is 8.92. The highest BCUT2D eigenvalue weighted by molar-refractivity contribution is 9.10. The molecule has 0 spiro atoms. The molecule has 29 heavy (non-hydrogen) atoms. The summed E-state index contributed by atoms with van der Waals surface area (Å²) in [6.07, 6.45) is 1.61. The molecule has 0 fully saturated rings. The van der Waals surface area contributed by atoms with Gasteiger partial charge in [0.25, 0.3) is 0 Å². The second kappa shape index (κ2) is 9.28. The van der Waals surface area contributed by atoms with Crippen molar-refractivity contribution in [1.82, 2.24) is 4.68 Å². The third-order valence-corrected chi connectivity index (χ3v) is 5.36. The van der Waals surface area contributed by atoms with E-state index >= 15 is 0 Å². The van der Waals surface area contributed by atoms with Gasteiger partial charge in [0.15, 0.2) is 0 Å². The van der Waals surface area contributed by atoms with Crippen molar-refractivity contribution in [3.8, 4) is 28.5 Å². The van der Waals surface area contributed by atoms with Crippen LogP contribution in [0.1, 0.15) is 19.4 Å². The molecule has 0 radical (unpaired) electrons. The van der Waals surface area contributed by atoms with Gasteiger partial charge in [-0.1, -0.05) is 15.9 Å². The fourth-order valence-electron chi connectivity index (χ4n) is 2.67. The number of ether oxygens (including phenoxy) is 2. The van der Waals surface area contributed by atoms with Crippen molar-refractivity contribution < 1.29 is 14.6 Å². The van der Waals surface area contributed by atoms with Crippen LogP contribution in [0, 0.1) is 0 Å². The fraction of sp³-hybridized carbons (Fsp3) is 0.238. The maximum atomic E-state index is 10.1. The summed E-state index contributed by atoms with van der Waals surface area (Å²) in [5.74, 6) is 1.57. The lowest BCUT2D eigenvalue weighted by molar-refractivity contribution is 0.404. The smallest absolute Gasteiger partial charge is 0.206 e. The molecule has 8 heteroatoms. The van der Waals surface area contributed by atoms with E-state index in [0.717, 1.165) is 26.3 Å². The lowest BCUT2D eigenvalue weighted by Gasteiger charge is -2.11. The van der Waals surface area contributed by atoms with Crippen molar-refractivity contribution in [1.29, 1.82) is 0 Å². The normalized spacial score (nSPS) is 12.1. The molecule has 3 rings (SSSR count). The largest absolute Gasteiger partial charge is 0.507 e. The second-order valence-electron chi connectivity index (χ2n) is 6.45. The van der Waals surface area contributed by atoms with E-state index in [0.29, 0.717) is 11.3 Å². The van der Waals surface area contributed by atoms with Crippen LogP contribution >= 0.6 is 27.3 Å². The highest BCUT2D eigenvalue weighted by Gasteiger charge is 2.14. The summed E-state index contributed by atoms with van der Waals surface area (Å²) in [7, 11) is 3.26. The molecular weight excluding hydrogens is 454 g/mol. The minimum absolute atomic E-state index is 0.106. The van der Waals surface area contributed by atoms with Crippen LogP contribution in [0.15, 0.2) is 56.3 Å². The van der Waals surface area contributed by atoms with Crippen LogP contribution in [0.25, 0.3) is 11.3 Å². The molecule has 0 atom stereocenters. The van der Waals surface area contributed by atoms with Crippen LogP contribution < -0.4 is 14.3 Å². The van der Waals surface area contributed by atoms with Gasteiger partial charge >= 0.3 is 0 Å². The molecule has 0 bridgehead atoms. The van der Waals surface area contributed by atoms with Crippen LogP contribution in [0.4, 0.5) is 0 Å². The Labute approximate surface area is 181 Å². The molecule has 0 aliphatic carbocycles. The predicted octanol–water partition coefficient (Wildman–Crippen LogP) is 4.89. The summed E-state index contributed by atoms with van der Waals surface area (Å²) in [5.41, 5.74) is 2.25. The van der Waals surface area contributed by atoms with E-state index in [1.54, 1.807) is 43.3 Å². The summed E-state index contributed by atoms with van der Waals surface area (Å²) < 4.78 is 13.5. The number of aromatic hydroxyl groups is 1. The van der Waals surface area contributed by atoms with E-state index in [9.17, 15) is 5.11 Å². The fourth-order valence-corrected chi connectivity index (χ4v) is 4.01. The molecule has 6 nitrogen and oxygen atoms in total. The summed E-state index contributed by atoms with van der Waals surface area (Å²) in [4.78, 5) is 5.42. The molecule has 0 aliphatic heterocycles. The molecule has 1 aromatic heterocycles. The van der Waals surface area contributed by atoms with Gasteiger partial charge in [-0.15, -0.1) is 11.3 Å². The van der Waals surface area contributed by atoms with Crippen LogP contribution in [0.3, 0.4) is 0 Å². The Hall–Kier alpha value is -2.58. The van der Waals surface area contributed by atoms with E-state index < -0.39 is 0 Å². The molecule has 0 unspecified atom stereocenters. The lowest BCUT2D eigenvalue weighted by atomic mass is 10.1. The van der Waals surface area contributed by atoms with E-state index in [1.807, 2.05) is 37.4 Å². The second-order valence-corrected chi connectivity index (χ2v) is 8.20. The minimum atomic E-state index is 0.106. The molecule has 0 aliphatic rings. The Morgan fingerprint density at radius 3 is 2.62 bits per heavy atom. The Morgan fingerprint density at radius 1 is 1.14 bits per heavy atom. The topological polar surface area (TPSA) is 68.3 Å². The first kappa shape index (κ1) is 21.1. The number of rotatable bonds is 6. The number of thiazole rings is 1. The molecule has 2 aromatic carbocycles. The van der Waals surface area contributed by atoms with E-state index in [-0.39, 0.29) is 11.8 Å². The summed E-state index contributed by atoms with van der Waals surface area (Å²) in [6.45, 7) is 4.03. The number of methoxy groups -OCH3 is 2. The van der Waals surface area contributed by atoms with Gasteiger partial charge in [0.1, 0.15) is 17.2 Å². The lowest BCUT2D eigenvalue weighted by Crippen LogP contribution is -2.14. The summed E-state index contributed by atoms with van der Waals surface area (Å²) in [5, 5.41) is 16.7. The van der Waals surface area contributed by atoms with Gasteiger partial charge in [-0.3, -0.25) is 4.99 Å². The first-order chi connectivity index (χ1) is 13.9. The number of hydrogen-bond acceptors (Lipinski definition) is 6. The molecule has 0 saturated carbocycles. The number of phenols is 1. The Bertz CT molecular complexity index is 1100. The molecule has 0 saturated heterocycles. The first-order valence-corrected chi connectivity index (χ1v) is 10.6. The number of aromatic nitrogens is 1. The Kier molecular flexibility index (Phi) is 6.76.